The molecule has 1 N–H and O–H groups in total. The van der Waals surface area contributed by atoms with E-state index >= 15 is 0 Å². The molecular weight excluding hydrogens is 264 g/mol. The van der Waals surface area contributed by atoms with Crippen LogP contribution in [0.15, 0.2) is 36.4 Å². The van der Waals surface area contributed by atoms with Gasteiger partial charge in [0.2, 0.25) is 0 Å². The van der Waals surface area contributed by atoms with Crippen LogP contribution in [0.4, 0.5) is 0 Å². The van der Waals surface area contributed by atoms with Gasteiger partial charge in [-0.3, -0.25) is 0 Å². The van der Waals surface area contributed by atoms with E-state index in [2.05, 4.69) is 6.07 Å². The second-order valence-electron chi connectivity index (χ2n) is 5.65. The van der Waals surface area contributed by atoms with Crippen LogP contribution >= 0.6 is 0 Å². The zero-order chi connectivity index (χ0) is 14.7. The fraction of sp³-hybridized carbons (Fsp3) is 0.444. The zero-order valence-corrected chi connectivity index (χ0v) is 12.4. The van der Waals surface area contributed by atoms with Crippen LogP contribution in [0.5, 0.6) is 5.75 Å². The molecule has 1 fully saturated rings. The van der Waals surface area contributed by atoms with Crippen LogP contribution in [0.1, 0.15) is 37.9 Å². The molecule has 0 radical (unpaired) electrons. The molecule has 1 aliphatic rings. The lowest BCUT2D eigenvalue weighted by atomic mass is 10.0. The summed E-state index contributed by atoms with van der Waals surface area (Å²) in [7, 11) is 0. The van der Waals surface area contributed by atoms with Crippen molar-refractivity contribution >= 4 is 10.8 Å². The van der Waals surface area contributed by atoms with Gasteiger partial charge in [0.1, 0.15) is 5.75 Å². The minimum Gasteiger partial charge on any atom is -0.492 e. The number of benzene rings is 2. The first kappa shape index (κ1) is 14.4. The fourth-order valence-corrected chi connectivity index (χ4v) is 2.91. The molecule has 2 aromatic rings. The molecule has 0 aliphatic carbocycles. The SMILES string of the molecule is CC(O)c1ccc2ccccc2c1OCCC1CCCO1. The van der Waals surface area contributed by atoms with Crippen molar-refractivity contribution in [3.05, 3.63) is 42.0 Å². The number of ether oxygens (including phenoxy) is 2. The lowest BCUT2D eigenvalue weighted by Crippen LogP contribution is -2.12. The third kappa shape index (κ3) is 3.20. The molecule has 3 heteroatoms. The molecule has 0 spiro atoms. The van der Waals surface area contributed by atoms with Crippen molar-refractivity contribution in [3.8, 4) is 5.75 Å². The molecule has 0 amide bonds. The highest BCUT2D eigenvalue weighted by molar-refractivity contribution is 5.89. The maximum absolute atomic E-state index is 9.97. The quantitative estimate of drug-likeness (QED) is 0.907. The van der Waals surface area contributed by atoms with E-state index in [0.717, 1.165) is 48.0 Å². The lowest BCUT2D eigenvalue weighted by molar-refractivity contribution is 0.0899. The lowest BCUT2D eigenvalue weighted by Gasteiger charge is -2.17. The summed E-state index contributed by atoms with van der Waals surface area (Å²) in [5, 5.41) is 12.2. The highest BCUT2D eigenvalue weighted by Crippen LogP contribution is 2.34. The predicted octanol–water partition coefficient (Wildman–Crippen LogP) is 3.84. The maximum atomic E-state index is 9.97. The minimum atomic E-state index is -0.535. The Balaban J connectivity index is 1.82. The molecule has 1 heterocycles. The molecule has 1 saturated heterocycles. The largest absolute Gasteiger partial charge is 0.492 e. The van der Waals surface area contributed by atoms with Crippen molar-refractivity contribution < 1.29 is 14.6 Å². The van der Waals surface area contributed by atoms with Crippen molar-refractivity contribution in [2.75, 3.05) is 13.2 Å². The third-order valence-corrected chi connectivity index (χ3v) is 4.07. The first-order chi connectivity index (χ1) is 10.3. The smallest absolute Gasteiger partial charge is 0.132 e. The monoisotopic (exact) mass is 286 g/mol. The van der Waals surface area contributed by atoms with Gasteiger partial charge in [-0.05, 0) is 25.2 Å². The average molecular weight is 286 g/mol. The molecule has 2 atom stereocenters. The molecule has 21 heavy (non-hydrogen) atoms. The Morgan fingerprint density at radius 1 is 1.29 bits per heavy atom. The van der Waals surface area contributed by atoms with Gasteiger partial charge in [-0.15, -0.1) is 0 Å². The molecule has 2 unspecified atom stereocenters. The highest BCUT2D eigenvalue weighted by atomic mass is 16.5. The molecule has 2 aromatic carbocycles. The topological polar surface area (TPSA) is 38.7 Å². The molecule has 0 aromatic heterocycles. The van der Waals surface area contributed by atoms with Crippen LogP contribution in [-0.4, -0.2) is 24.4 Å². The average Bonchev–Trinajstić information content (AvgIpc) is 3.00. The molecule has 112 valence electrons. The van der Waals surface area contributed by atoms with Crippen LogP contribution < -0.4 is 4.74 Å². The Hall–Kier alpha value is -1.58. The van der Waals surface area contributed by atoms with Crippen LogP contribution in [0.25, 0.3) is 10.8 Å². The summed E-state index contributed by atoms with van der Waals surface area (Å²) < 4.78 is 11.7. The Bertz CT molecular complexity index is 600. The van der Waals surface area contributed by atoms with Crippen molar-refractivity contribution in [2.24, 2.45) is 0 Å². The van der Waals surface area contributed by atoms with Crippen LogP contribution in [0, 0.1) is 0 Å². The van der Waals surface area contributed by atoms with Crippen molar-refractivity contribution in [2.45, 2.75) is 38.4 Å². The van der Waals surface area contributed by atoms with Crippen molar-refractivity contribution in [3.63, 3.8) is 0 Å². The van der Waals surface area contributed by atoms with Crippen molar-refractivity contribution in [1.82, 2.24) is 0 Å². The number of aliphatic hydroxyl groups excluding tert-OH is 1. The number of hydrogen-bond acceptors (Lipinski definition) is 3. The second kappa shape index (κ2) is 6.46. The fourth-order valence-electron chi connectivity index (χ4n) is 2.91. The van der Waals surface area contributed by atoms with Gasteiger partial charge < -0.3 is 14.6 Å². The summed E-state index contributed by atoms with van der Waals surface area (Å²) in [5.41, 5.74) is 0.848. The van der Waals surface area contributed by atoms with Crippen LogP contribution in [0.2, 0.25) is 0 Å². The maximum Gasteiger partial charge on any atom is 0.132 e. The summed E-state index contributed by atoms with van der Waals surface area (Å²) in [5.74, 6) is 0.807. The molecular formula is C18H22O3. The van der Waals surface area contributed by atoms with E-state index in [0.29, 0.717) is 12.7 Å². The number of hydrogen-bond donors (Lipinski definition) is 1. The Morgan fingerprint density at radius 3 is 2.90 bits per heavy atom. The van der Waals surface area contributed by atoms with Crippen LogP contribution in [-0.2, 0) is 4.74 Å². The number of fused-ring (bicyclic) bond motifs is 1. The first-order valence-corrected chi connectivity index (χ1v) is 7.70. The van der Waals surface area contributed by atoms with E-state index in [1.165, 1.54) is 0 Å². The van der Waals surface area contributed by atoms with Gasteiger partial charge in [0, 0.05) is 24.0 Å². The van der Waals surface area contributed by atoms with E-state index in [9.17, 15) is 5.11 Å². The van der Waals surface area contributed by atoms with Gasteiger partial charge >= 0.3 is 0 Å². The van der Waals surface area contributed by atoms with E-state index in [1.54, 1.807) is 6.92 Å². The Morgan fingerprint density at radius 2 is 2.14 bits per heavy atom. The molecule has 3 nitrogen and oxygen atoms in total. The summed E-state index contributed by atoms with van der Waals surface area (Å²) in [6.45, 7) is 3.27. The summed E-state index contributed by atoms with van der Waals surface area (Å²) in [6, 6.07) is 12.1. The van der Waals surface area contributed by atoms with Crippen LogP contribution in [0.3, 0.4) is 0 Å². The Kier molecular flexibility index (Phi) is 4.42. The number of rotatable bonds is 5. The van der Waals surface area contributed by atoms with Crippen molar-refractivity contribution in [1.29, 1.82) is 0 Å². The second-order valence-corrected chi connectivity index (χ2v) is 5.65. The zero-order valence-electron chi connectivity index (χ0n) is 12.4. The predicted molar refractivity (Wildman–Crippen MR) is 83.7 cm³/mol. The van der Waals surface area contributed by atoms with Gasteiger partial charge in [0.25, 0.3) is 0 Å². The highest BCUT2D eigenvalue weighted by Gasteiger charge is 2.17. The molecule has 0 saturated carbocycles. The number of aliphatic hydroxyl groups is 1. The standard InChI is InChI=1S/C18H22O3/c1-13(19)16-9-8-14-5-2-3-7-17(14)18(16)21-12-10-15-6-4-11-20-15/h2-3,5,7-9,13,15,19H,4,6,10-12H2,1H3. The summed E-state index contributed by atoms with van der Waals surface area (Å²) in [4.78, 5) is 0. The molecule has 1 aliphatic heterocycles. The summed E-state index contributed by atoms with van der Waals surface area (Å²) >= 11 is 0. The van der Waals surface area contributed by atoms with E-state index < -0.39 is 6.10 Å². The van der Waals surface area contributed by atoms with Gasteiger partial charge in [0.05, 0.1) is 18.8 Å². The van der Waals surface area contributed by atoms with E-state index in [-0.39, 0.29) is 0 Å². The minimum absolute atomic E-state index is 0.329. The van der Waals surface area contributed by atoms with Gasteiger partial charge in [-0.1, -0.05) is 36.4 Å². The van der Waals surface area contributed by atoms with E-state index in [1.807, 2.05) is 30.3 Å². The summed E-state index contributed by atoms with van der Waals surface area (Å²) in [6.07, 6.45) is 2.98. The normalized spacial score (nSPS) is 19.8. The Labute approximate surface area is 125 Å². The van der Waals surface area contributed by atoms with Gasteiger partial charge in [-0.2, -0.15) is 0 Å². The molecule has 0 bridgehead atoms. The third-order valence-electron chi connectivity index (χ3n) is 4.07. The van der Waals surface area contributed by atoms with E-state index in [4.69, 9.17) is 9.47 Å². The van der Waals surface area contributed by atoms with Gasteiger partial charge in [-0.25, -0.2) is 0 Å². The first-order valence-electron chi connectivity index (χ1n) is 7.70. The molecule has 3 rings (SSSR count). The van der Waals surface area contributed by atoms with Gasteiger partial charge in [0.15, 0.2) is 0 Å².